The number of nitrogens with zero attached hydrogens (tertiary/aromatic N) is 2. The second-order valence-corrected chi connectivity index (χ2v) is 5.16. The molecule has 0 bridgehead atoms. The summed E-state index contributed by atoms with van der Waals surface area (Å²) in [6.45, 7) is -0.162. The van der Waals surface area contributed by atoms with Crippen molar-refractivity contribution in [2.45, 2.75) is 17.4 Å². The highest BCUT2D eigenvalue weighted by molar-refractivity contribution is 7.89. The molecule has 0 spiro atoms. The van der Waals surface area contributed by atoms with Crippen LogP contribution in [0, 0.1) is 0 Å². The van der Waals surface area contributed by atoms with Gasteiger partial charge < -0.3 is 10.2 Å². The Morgan fingerprint density at radius 2 is 2.29 bits per heavy atom. The van der Waals surface area contributed by atoms with Gasteiger partial charge in [-0.3, -0.25) is 4.68 Å². The molecule has 0 aromatic carbocycles. The van der Waals surface area contributed by atoms with Crippen molar-refractivity contribution in [1.29, 1.82) is 0 Å². The standard InChI is InChI=1S/C8H13N3O5S/c1-11-5-6(4-9-11)17(15,16)10-3-2-7(12)8(13)14/h4-5,7,10,12H,2-3H2,1H3,(H,13,14). The molecule has 0 saturated carbocycles. The van der Waals surface area contributed by atoms with E-state index in [1.807, 2.05) is 0 Å². The van der Waals surface area contributed by atoms with Gasteiger partial charge in [-0.1, -0.05) is 0 Å². The third kappa shape index (κ3) is 3.80. The Labute approximate surface area is 97.9 Å². The average molecular weight is 263 g/mol. The van der Waals surface area contributed by atoms with Gasteiger partial charge in [-0.15, -0.1) is 0 Å². The first-order chi connectivity index (χ1) is 7.83. The zero-order valence-corrected chi connectivity index (χ0v) is 9.88. The Morgan fingerprint density at radius 1 is 1.65 bits per heavy atom. The number of carboxylic acids is 1. The van der Waals surface area contributed by atoms with Crippen LogP contribution in [-0.2, 0) is 21.9 Å². The van der Waals surface area contributed by atoms with Gasteiger partial charge in [0.15, 0.2) is 6.10 Å². The summed E-state index contributed by atoms with van der Waals surface area (Å²) in [6.07, 6.45) is 0.715. The topological polar surface area (TPSA) is 122 Å². The van der Waals surface area contributed by atoms with Crippen molar-refractivity contribution in [2.75, 3.05) is 6.54 Å². The van der Waals surface area contributed by atoms with Crippen molar-refractivity contribution in [2.24, 2.45) is 7.05 Å². The van der Waals surface area contributed by atoms with Crippen LogP contribution in [0.2, 0.25) is 0 Å². The number of nitrogens with one attached hydrogen (secondary N) is 1. The second kappa shape index (κ2) is 5.25. The Kier molecular flexibility index (Phi) is 4.21. The highest BCUT2D eigenvalue weighted by atomic mass is 32.2. The first-order valence-electron chi connectivity index (χ1n) is 4.72. The minimum atomic E-state index is -3.70. The number of aliphatic carboxylic acids is 1. The van der Waals surface area contributed by atoms with E-state index in [2.05, 4.69) is 9.82 Å². The monoisotopic (exact) mass is 263 g/mol. The van der Waals surface area contributed by atoms with Gasteiger partial charge in [0.2, 0.25) is 10.0 Å². The molecule has 9 heteroatoms. The summed E-state index contributed by atoms with van der Waals surface area (Å²) in [6, 6.07) is 0. The lowest BCUT2D eigenvalue weighted by molar-refractivity contribution is -0.146. The minimum absolute atomic E-state index is 0.00943. The number of carbonyl (C=O) groups is 1. The zero-order chi connectivity index (χ0) is 13.1. The minimum Gasteiger partial charge on any atom is -0.479 e. The molecule has 0 amide bonds. The molecular weight excluding hydrogens is 250 g/mol. The van der Waals surface area contributed by atoms with Gasteiger partial charge in [0.25, 0.3) is 0 Å². The van der Waals surface area contributed by atoms with E-state index in [1.54, 1.807) is 7.05 Å². The quantitative estimate of drug-likeness (QED) is 0.576. The van der Waals surface area contributed by atoms with Gasteiger partial charge >= 0.3 is 5.97 Å². The summed E-state index contributed by atoms with van der Waals surface area (Å²) >= 11 is 0. The lowest BCUT2D eigenvalue weighted by Crippen LogP contribution is -2.30. The molecule has 1 unspecified atom stereocenters. The Bertz CT molecular complexity index is 495. The number of aliphatic hydroxyl groups excluding tert-OH is 1. The van der Waals surface area contributed by atoms with Gasteiger partial charge in [0, 0.05) is 19.8 Å². The lowest BCUT2D eigenvalue weighted by Gasteiger charge is -2.06. The second-order valence-electron chi connectivity index (χ2n) is 3.39. The van der Waals surface area contributed by atoms with Crippen molar-refractivity contribution < 1.29 is 23.4 Å². The first kappa shape index (κ1) is 13.6. The van der Waals surface area contributed by atoms with Crippen LogP contribution >= 0.6 is 0 Å². The molecule has 8 nitrogen and oxygen atoms in total. The molecule has 0 saturated heterocycles. The third-order valence-electron chi connectivity index (χ3n) is 1.99. The predicted molar refractivity (Wildman–Crippen MR) is 56.7 cm³/mol. The number of carboxylic acid groups (broad SMARTS) is 1. The number of rotatable bonds is 6. The van der Waals surface area contributed by atoms with E-state index in [4.69, 9.17) is 10.2 Å². The number of aryl methyl sites for hydroxylation is 1. The van der Waals surface area contributed by atoms with Crippen LogP contribution in [0.3, 0.4) is 0 Å². The molecule has 1 heterocycles. The van der Waals surface area contributed by atoms with Gasteiger partial charge in [-0.05, 0) is 6.42 Å². The fourth-order valence-corrected chi connectivity index (χ4v) is 2.10. The first-order valence-corrected chi connectivity index (χ1v) is 6.20. The third-order valence-corrected chi connectivity index (χ3v) is 3.40. The van der Waals surface area contributed by atoms with Crippen LogP contribution in [0.15, 0.2) is 17.3 Å². The molecule has 3 N–H and O–H groups in total. The van der Waals surface area contributed by atoms with Crippen LogP contribution < -0.4 is 4.72 Å². The molecule has 17 heavy (non-hydrogen) atoms. The van der Waals surface area contributed by atoms with E-state index in [-0.39, 0.29) is 17.9 Å². The van der Waals surface area contributed by atoms with Gasteiger partial charge in [-0.2, -0.15) is 5.10 Å². The molecule has 0 aliphatic rings. The van der Waals surface area contributed by atoms with Gasteiger partial charge in [0.05, 0.1) is 6.20 Å². The molecule has 96 valence electrons. The molecular formula is C8H13N3O5S. The molecule has 1 aromatic heterocycles. The largest absolute Gasteiger partial charge is 0.479 e. The number of aromatic nitrogens is 2. The molecule has 0 fully saturated rings. The van der Waals surface area contributed by atoms with Crippen LogP contribution in [0.4, 0.5) is 0 Å². The SMILES string of the molecule is Cn1cc(S(=O)(=O)NCCC(O)C(=O)O)cn1. The highest BCUT2D eigenvalue weighted by Crippen LogP contribution is 2.05. The Balaban J connectivity index is 2.54. The lowest BCUT2D eigenvalue weighted by atomic mass is 10.3. The maximum atomic E-state index is 11.6. The smallest absolute Gasteiger partial charge is 0.332 e. The van der Waals surface area contributed by atoms with Gasteiger partial charge in [-0.25, -0.2) is 17.9 Å². The van der Waals surface area contributed by atoms with Gasteiger partial charge in [0.1, 0.15) is 4.90 Å². The van der Waals surface area contributed by atoms with Crippen molar-refractivity contribution in [3.05, 3.63) is 12.4 Å². The molecule has 0 aliphatic heterocycles. The fraction of sp³-hybridized carbons (Fsp3) is 0.500. The zero-order valence-electron chi connectivity index (χ0n) is 9.07. The maximum absolute atomic E-state index is 11.6. The normalized spacial score (nSPS) is 13.5. The van der Waals surface area contributed by atoms with Crippen LogP contribution in [0.25, 0.3) is 0 Å². The van der Waals surface area contributed by atoms with E-state index in [1.165, 1.54) is 17.1 Å². The van der Waals surface area contributed by atoms with Crippen molar-refractivity contribution in [1.82, 2.24) is 14.5 Å². The van der Waals surface area contributed by atoms with E-state index < -0.39 is 22.1 Å². The molecule has 1 rings (SSSR count). The summed E-state index contributed by atoms with van der Waals surface area (Å²) < 4.78 is 26.7. The number of aliphatic hydroxyl groups is 1. The van der Waals surface area contributed by atoms with Crippen LogP contribution in [-0.4, -0.2) is 47.0 Å². The van der Waals surface area contributed by atoms with E-state index in [0.717, 1.165) is 0 Å². The molecule has 1 aromatic rings. The van der Waals surface area contributed by atoms with Crippen LogP contribution in [0.1, 0.15) is 6.42 Å². The molecule has 0 aliphatic carbocycles. The molecule has 0 radical (unpaired) electrons. The maximum Gasteiger partial charge on any atom is 0.332 e. The summed E-state index contributed by atoms with van der Waals surface area (Å²) in [4.78, 5) is 10.3. The molecule has 1 atom stereocenters. The fourth-order valence-electron chi connectivity index (χ4n) is 1.07. The average Bonchev–Trinajstić information content (AvgIpc) is 2.65. The number of hydrogen-bond acceptors (Lipinski definition) is 5. The van der Waals surface area contributed by atoms with Crippen LogP contribution in [0.5, 0.6) is 0 Å². The van der Waals surface area contributed by atoms with E-state index >= 15 is 0 Å². The Morgan fingerprint density at radius 3 is 2.76 bits per heavy atom. The Hall–Kier alpha value is -1.45. The summed E-state index contributed by atoms with van der Waals surface area (Å²) in [5.74, 6) is -1.38. The van der Waals surface area contributed by atoms with Crippen molar-refractivity contribution >= 4 is 16.0 Å². The highest BCUT2D eigenvalue weighted by Gasteiger charge is 2.18. The summed E-state index contributed by atoms with van der Waals surface area (Å²) in [5.41, 5.74) is 0. The number of hydrogen-bond donors (Lipinski definition) is 3. The van der Waals surface area contributed by atoms with E-state index in [9.17, 15) is 13.2 Å². The summed E-state index contributed by atoms with van der Waals surface area (Å²) in [5, 5.41) is 21.0. The predicted octanol–water partition coefficient (Wildman–Crippen LogP) is -1.47. The summed E-state index contributed by atoms with van der Waals surface area (Å²) in [7, 11) is -2.12. The van der Waals surface area contributed by atoms with Crippen molar-refractivity contribution in [3.8, 4) is 0 Å². The van der Waals surface area contributed by atoms with E-state index in [0.29, 0.717) is 0 Å². The number of sulfonamides is 1. The van der Waals surface area contributed by atoms with Crippen molar-refractivity contribution in [3.63, 3.8) is 0 Å².